The molecule has 0 spiro atoms. The molecule has 0 radical (unpaired) electrons. The summed E-state index contributed by atoms with van der Waals surface area (Å²) < 4.78 is 14.6. The van der Waals surface area contributed by atoms with E-state index in [1.807, 2.05) is 0 Å². The van der Waals surface area contributed by atoms with Gasteiger partial charge < -0.3 is 19.3 Å². The number of esters is 2. The monoisotopic (exact) mass is 268 g/mol. The molecule has 0 unspecified atom stereocenters. The first-order valence-electron chi connectivity index (χ1n) is 5.50. The van der Waals surface area contributed by atoms with Crippen LogP contribution in [0.1, 0.15) is 24.2 Å². The molecule has 0 aliphatic rings. The normalized spacial score (nSPS) is 10.8. The van der Waals surface area contributed by atoms with Crippen molar-refractivity contribution < 1.29 is 28.9 Å². The number of hydrogen-bond acceptors (Lipinski definition) is 6. The summed E-state index contributed by atoms with van der Waals surface area (Å²) in [5.74, 6) is -1.04. The van der Waals surface area contributed by atoms with Crippen molar-refractivity contribution in [3.05, 3.63) is 23.8 Å². The van der Waals surface area contributed by atoms with Crippen LogP contribution in [-0.2, 0) is 9.53 Å². The van der Waals surface area contributed by atoms with E-state index in [0.717, 1.165) is 0 Å². The summed E-state index contributed by atoms with van der Waals surface area (Å²) in [6.07, 6.45) is 0. The number of rotatable bonds is 4. The lowest BCUT2D eigenvalue weighted by Crippen LogP contribution is -2.35. The molecule has 0 heterocycles. The lowest BCUT2D eigenvalue weighted by molar-refractivity contribution is -0.151. The van der Waals surface area contributed by atoms with Crippen molar-refractivity contribution in [1.82, 2.24) is 0 Å². The van der Waals surface area contributed by atoms with Gasteiger partial charge in [-0.1, -0.05) is 0 Å². The van der Waals surface area contributed by atoms with E-state index < -0.39 is 17.5 Å². The molecule has 0 bridgehead atoms. The standard InChI is InChI=1S/C13H16O6/c1-13(2,16)12(15)19-9-6-5-8(11(14)18-4)7-10(9)17-3/h5-7,16H,1-4H3. The second-order valence-corrected chi connectivity index (χ2v) is 4.31. The van der Waals surface area contributed by atoms with Gasteiger partial charge in [-0.05, 0) is 32.0 Å². The predicted octanol–water partition coefficient (Wildman–Crippen LogP) is 1.16. The number of hydrogen-bond donors (Lipinski definition) is 1. The minimum Gasteiger partial charge on any atom is -0.493 e. The first-order valence-corrected chi connectivity index (χ1v) is 5.50. The van der Waals surface area contributed by atoms with Crippen LogP contribution in [0.4, 0.5) is 0 Å². The first kappa shape index (κ1) is 15.0. The summed E-state index contributed by atoms with van der Waals surface area (Å²) in [5, 5.41) is 9.50. The molecule has 0 saturated heterocycles. The Hall–Kier alpha value is -2.08. The second-order valence-electron chi connectivity index (χ2n) is 4.31. The largest absolute Gasteiger partial charge is 0.493 e. The van der Waals surface area contributed by atoms with Gasteiger partial charge in [-0.25, -0.2) is 9.59 Å². The number of methoxy groups -OCH3 is 2. The maximum Gasteiger partial charge on any atom is 0.343 e. The van der Waals surface area contributed by atoms with Crippen LogP contribution in [0.2, 0.25) is 0 Å². The molecule has 1 aromatic carbocycles. The number of carbonyl (C=O) groups excluding carboxylic acids is 2. The summed E-state index contributed by atoms with van der Waals surface area (Å²) >= 11 is 0. The molecule has 19 heavy (non-hydrogen) atoms. The third kappa shape index (κ3) is 3.69. The van der Waals surface area contributed by atoms with Crippen molar-refractivity contribution in [3.63, 3.8) is 0 Å². The van der Waals surface area contributed by atoms with E-state index in [1.54, 1.807) is 0 Å². The summed E-state index contributed by atoms with van der Waals surface area (Å²) in [5.41, 5.74) is -1.35. The van der Waals surface area contributed by atoms with Gasteiger partial charge in [-0.15, -0.1) is 0 Å². The Bertz CT molecular complexity index is 486. The van der Waals surface area contributed by atoms with E-state index in [-0.39, 0.29) is 17.1 Å². The Morgan fingerprint density at radius 1 is 1.16 bits per heavy atom. The van der Waals surface area contributed by atoms with Crippen LogP contribution in [-0.4, -0.2) is 36.9 Å². The molecular formula is C13H16O6. The Kier molecular flexibility index (Phi) is 4.50. The number of carbonyl (C=O) groups is 2. The average Bonchev–Trinajstić information content (AvgIpc) is 2.37. The van der Waals surface area contributed by atoms with Gasteiger partial charge in [0.25, 0.3) is 0 Å². The van der Waals surface area contributed by atoms with Crippen molar-refractivity contribution in [2.24, 2.45) is 0 Å². The second kappa shape index (κ2) is 5.71. The van der Waals surface area contributed by atoms with E-state index in [9.17, 15) is 14.7 Å². The Morgan fingerprint density at radius 3 is 2.26 bits per heavy atom. The van der Waals surface area contributed by atoms with Crippen LogP contribution in [0, 0.1) is 0 Å². The van der Waals surface area contributed by atoms with Crippen LogP contribution >= 0.6 is 0 Å². The van der Waals surface area contributed by atoms with E-state index >= 15 is 0 Å². The molecule has 6 nitrogen and oxygen atoms in total. The van der Waals surface area contributed by atoms with E-state index in [1.165, 1.54) is 46.3 Å². The third-order valence-corrected chi connectivity index (χ3v) is 2.29. The molecule has 0 aromatic heterocycles. The zero-order chi connectivity index (χ0) is 14.6. The average molecular weight is 268 g/mol. The van der Waals surface area contributed by atoms with Gasteiger partial charge in [-0.3, -0.25) is 0 Å². The summed E-state index contributed by atoms with van der Waals surface area (Å²) in [4.78, 5) is 22.9. The molecule has 0 aliphatic heterocycles. The fourth-order valence-electron chi connectivity index (χ4n) is 1.22. The maximum atomic E-state index is 11.6. The highest BCUT2D eigenvalue weighted by Gasteiger charge is 2.27. The molecule has 0 fully saturated rings. The van der Waals surface area contributed by atoms with Crippen LogP contribution < -0.4 is 9.47 Å². The first-order chi connectivity index (χ1) is 8.79. The lowest BCUT2D eigenvalue weighted by Gasteiger charge is -2.17. The van der Waals surface area contributed by atoms with E-state index in [4.69, 9.17) is 9.47 Å². The quantitative estimate of drug-likeness (QED) is 0.651. The van der Waals surface area contributed by atoms with Gasteiger partial charge in [0.2, 0.25) is 0 Å². The zero-order valence-electron chi connectivity index (χ0n) is 11.2. The molecule has 1 rings (SSSR count). The summed E-state index contributed by atoms with van der Waals surface area (Å²) in [6, 6.07) is 4.22. The minimum absolute atomic E-state index is 0.113. The van der Waals surface area contributed by atoms with Crippen LogP contribution in [0.3, 0.4) is 0 Å². The highest BCUT2D eigenvalue weighted by Crippen LogP contribution is 2.29. The van der Waals surface area contributed by atoms with Crippen molar-refractivity contribution in [2.45, 2.75) is 19.4 Å². The van der Waals surface area contributed by atoms with Gasteiger partial charge in [0.05, 0.1) is 19.8 Å². The molecule has 0 saturated carbocycles. The van der Waals surface area contributed by atoms with Crippen LogP contribution in [0.25, 0.3) is 0 Å². The fraction of sp³-hybridized carbons (Fsp3) is 0.385. The molecule has 1 aromatic rings. The van der Waals surface area contributed by atoms with E-state index in [0.29, 0.717) is 0 Å². The zero-order valence-corrected chi connectivity index (χ0v) is 11.2. The topological polar surface area (TPSA) is 82.1 Å². The molecule has 6 heteroatoms. The lowest BCUT2D eigenvalue weighted by atomic mass is 10.1. The molecule has 0 atom stereocenters. The number of ether oxygens (including phenoxy) is 3. The van der Waals surface area contributed by atoms with Crippen LogP contribution in [0.5, 0.6) is 11.5 Å². The van der Waals surface area contributed by atoms with Crippen LogP contribution in [0.15, 0.2) is 18.2 Å². The van der Waals surface area contributed by atoms with Gasteiger partial charge >= 0.3 is 11.9 Å². The Balaban J connectivity index is 3.03. The van der Waals surface area contributed by atoms with Gasteiger partial charge in [-0.2, -0.15) is 0 Å². The molecule has 104 valence electrons. The molecule has 0 amide bonds. The molecule has 0 aliphatic carbocycles. The van der Waals surface area contributed by atoms with Crippen molar-refractivity contribution >= 4 is 11.9 Å². The van der Waals surface area contributed by atoms with Gasteiger partial charge in [0.15, 0.2) is 17.1 Å². The minimum atomic E-state index is -1.62. The third-order valence-electron chi connectivity index (χ3n) is 2.29. The maximum absolute atomic E-state index is 11.6. The number of aliphatic hydroxyl groups is 1. The molecular weight excluding hydrogens is 252 g/mol. The Labute approximate surface area is 110 Å². The summed E-state index contributed by atoms with van der Waals surface area (Å²) in [6.45, 7) is 2.62. The van der Waals surface area contributed by atoms with Gasteiger partial charge in [0, 0.05) is 0 Å². The van der Waals surface area contributed by atoms with Crippen molar-refractivity contribution in [2.75, 3.05) is 14.2 Å². The van der Waals surface area contributed by atoms with Gasteiger partial charge in [0.1, 0.15) is 0 Å². The van der Waals surface area contributed by atoms with E-state index in [2.05, 4.69) is 4.74 Å². The highest BCUT2D eigenvalue weighted by atomic mass is 16.6. The Morgan fingerprint density at radius 2 is 1.79 bits per heavy atom. The highest BCUT2D eigenvalue weighted by molar-refractivity contribution is 5.90. The fourth-order valence-corrected chi connectivity index (χ4v) is 1.22. The molecule has 1 N–H and O–H groups in total. The summed E-state index contributed by atoms with van der Waals surface area (Å²) in [7, 11) is 2.63. The SMILES string of the molecule is COC(=O)c1ccc(OC(=O)C(C)(C)O)c(OC)c1. The number of benzene rings is 1. The predicted molar refractivity (Wildman–Crippen MR) is 66.3 cm³/mol. The van der Waals surface area contributed by atoms with Crippen molar-refractivity contribution in [3.8, 4) is 11.5 Å². The smallest absolute Gasteiger partial charge is 0.343 e. The van der Waals surface area contributed by atoms with Crippen molar-refractivity contribution in [1.29, 1.82) is 0 Å².